The zero-order chi connectivity index (χ0) is 16.1. The summed E-state index contributed by atoms with van der Waals surface area (Å²) in [6.45, 7) is -2.35. The van der Waals surface area contributed by atoms with Crippen molar-refractivity contribution >= 4 is 26.5 Å². The van der Waals surface area contributed by atoms with Gasteiger partial charge in [-0.2, -0.15) is 21.6 Å². The number of carbonyl (C=O) groups excluding carboxylic acids is 1. The van der Waals surface area contributed by atoms with E-state index >= 15 is 0 Å². The Morgan fingerprint density at radius 1 is 1.15 bits per heavy atom. The molecule has 0 aliphatic carbocycles. The minimum Gasteiger partial charge on any atom is -0.394 e. The zero-order valence-electron chi connectivity index (χ0n) is 9.65. The molecule has 14 heteroatoms. The lowest BCUT2D eigenvalue weighted by molar-refractivity contribution is -0.136. The van der Waals surface area contributed by atoms with Gasteiger partial charge in [0.2, 0.25) is 0 Å². The van der Waals surface area contributed by atoms with Gasteiger partial charge in [-0.3, -0.25) is 13.9 Å². The number of aliphatic hydroxyl groups is 3. The number of nitrogens with one attached hydrogen (secondary N) is 1. The maximum absolute atomic E-state index is 11.4. The van der Waals surface area contributed by atoms with Gasteiger partial charge >= 0.3 is 20.7 Å². The molecule has 0 aromatic carbocycles. The van der Waals surface area contributed by atoms with Crippen molar-refractivity contribution in [1.29, 1.82) is 0 Å². The van der Waals surface area contributed by atoms with Crippen LogP contribution in [0.2, 0.25) is 0 Å². The summed E-state index contributed by atoms with van der Waals surface area (Å²) in [4.78, 5) is 11.4. The number of hydrogen-bond acceptors (Lipinski definition) is 9. The van der Waals surface area contributed by atoms with Gasteiger partial charge < -0.3 is 15.3 Å². The van der Waals surface area contributed by atoms with Gasteiger partial charge in [-0.15, -0.1) is 0 Å². The van der Waals surface area contributed by atoms with Crippen LogP contribution in [0.5, 0.6) is 0 Å². The minimum atomic E-state index is -4.92. The van der Waals surface area contributed by atoms with Crippen molar-refractivity contribution in [3.8, 4) is 0 Å². The first-order valence-electron chi connectivity index (χ1n) is 4.74. The van der Waals surface area contributed by atoms with E-state index in [0.717, 1.165) is 0 Å². The monoisotopic (exact) mass is 339 g/mol. The lowest BCUT2D eigenvalue weighted by atomic mass is 10.0. The Bertz CT molecular complexity index is 525. The first kappa shape index (κ1) is 19.3. The minimum absolute atomic E-state index is 1.15. The Kier molecular flexibility index (Phi) is 7.08. The van der Waals surface area contributed by atoms with Crippen LogP contribution in [0.1, 0.15) is 0 Å². The van der Waals surface area contributed by atoms with E-state index in [1.807, 2.05) is 0 Å². The van der Waals surface area contributed by atoms with Crippen molar-refractivity contribution < 1.29 is 50.2 Å². The molecule has 0 spiro atoms. The maximum Gasteiger partial charge on any atom is 0.397 e. The van der Waals surface area contributed by atoms with Crippen molar-refractivity contribution in [1.82, 2.24) is 4.72 Å². The summed E-state index contributed by atoms with van der Waals surface area (Å²) in [6, 6.07) is -1.97. The van der Waals surface area contributed by atoms with Crippen LogP contribution in [0, 0.1) is 0 Å². The van der Waals surface area contributed by atoms with Crippen LogP contribution in [0.25, 0.3) is 0 Å². The number of ketones is 1. The summed E-state index contributed by atoms with van der Waals surface area (Å²) < 4.78 is 62.9. The summed E-state index contributed by atoms with van der Waals surface area (Å²) in [6.07, 6.45) is -4.48. The zero-order valence-corrected chi connectivity index (χ0v) is 11.3. The van der Waals surface area contributed by atoms with Crippen molar-refractivity contribution in [3.05, 3.63) is 0 Å². The van der Waals surface area contributed by atoms with Gasteiger partial charge in [-0.05, 0) is 0 Å². The van der Waals surface area contributed by atoms with E-state index in [1.165, 1.54) is 4.72 Å². The average molecular weight is 339 g/mol. The molecule has 0 saturated carbocycles. The second kappa shape index (κ2) is 7.34. The molecular weight excluding hydrogens is 326 g/mol. The maximum atomic E-state index is 11.4. The summed E-state index contributed by atoms with van der Waals surface area (Å²) in [5.41, 5.74) is 0. The van der Waals surface area contributed by atoms with Crippen LogP contribution in [0.3, 0.4) is 0 Å². The lowest BCUT2D eigenvalue weighted by Gasteiger charge is -2.20. The molecule has 0 amide bonds. The lowest BCUT2D eigenvalue weighted by Crippen LogP contribution is -2.51. The predicted octanol–water partition coefficient (Wildman–Crippen LogP) is -4.15. The third-order valence-corrected chi connectivity index (χ3v) is 2.88. The Labute approximate surface area is 113 Å². The van der Waals surface area contributed by atoms with Crippen molar-refractivity contribution in [2.24, 2.45) is 0 Å². The molecule has 0 radical (unpaired) electrons. The fraction of sp³-hybridized carbons (Fsp3) is 0.833. The number of carbonyl (C=O) groups is 1. The Hall–Kier alpha value is -0.710. The topological polar surface area (TPSA) is 208 Å². The van der Waals surface area contributed by atoms with E-state index in [0.29, 0.717) is 0 Å². The third kappa shape index (κ3) is 7.78. The van der Waals surface area contributed by atoms with Gasteiger partial charge in [-0.1, -0.05) is 0 Å². The molecule has 0 heterocycles. The fourth-order valence-corrected chi connectivity index (χ4v) is 1.87. The summed E-state index contributed by atoms with van der Waals surface area (Å²) >= 11 is 0. The SMILES string of the molecule is O=C([C@H](CO)NS(=O)(=O)O)[C@@H](O)[C@H](O)COS(=O)(=O)O. The predicted molar refractivity (Wildman–Crippen MR) is 60.1 cm³/mol. The molecule has 0 aliphatic heterocycles. The van der Waals surface area contributed by atoms with Gasteiger partial charge in [0.25, 0.3) is 0 Å². The molecule has 0 fully saturated rings. The molecule has 12 nitrogen and oxygen atoms in total. The molecule has 6 N–H and O–H groups in total. The molecule has 0 aromatic heterocycles. The van der Waals surface area contributed by atoms with E-state index in [4.69, 9.17) is 14.2 Å². The largest absolute Gasteiger partial charge is 0.397 e. The summed E-state index contributed by atoms with van der Waals surface area (Å²) in [5.74, 6) is -1.46. The van der Waals surface area contributed by atoms with Crippen molar-refractivity contribution in [3.63, 3.8) is 0 Å². The van der Waals surface area contributed by atoms with E-state index in [-0.39, 0.29) is 0 Å². The van der Waals surface area contributed by atoms with Crippen LogP contribution in [-0.2, 0) is 29.7 Å². The van der Waals surface area contributed by atoms with E-state index in [9.17, 15) is 31.8 Å². The highest BCUT2D eigenvalue weighted by molar-refractivity contribution is 7.83. The Morgan fingerprint density at radius 3 is 2.00 bits per heavy atom. The number of hydrogen-bond donors (Lipinski definition) is 6. The van der Waals surface area contributed by atoms with Gasteiger partial charge in [0.15, 0.2) is 5.78 Å². The molecule has 0 aliphatic rings. The van der Waals surface area contributed by atoms with Gasteiger partial charge in [0.05, 0.1) is 13.2 Å². The molecule has 120 valence electrons. The standard InChI is InChI=1S/C6H13NO11S2/c8-1-3(7-19(12,13)14)5(10)6(11)4(9)2-18-20(15,16)17/h3-4,6-9,11H,1-2H2,(H,12,13,14)(H,15,16,17)/t3-,4+,6-/m0/s1. The summed E-state index contributed by atoms with van der Waals surface area (Å²) in [5, 5.41) is 27.2. The number of aliphatic hydroxyl groups excluding tert-OH is 3. The highest BCUT2D eigenvalue weighted by atomic mass is 32.3. The van der Waals surface area contributed by atoms with Crippen LogP contribution < -0.4 is 4.72 Å². The number of rotatable bonds is 9. The third-order valence-electron chi connectivity index (χ3n) is 1.86. The normalized spacial score (nSPS) is 17.4. The first-order chi connectivity index (χ1) is 8.87. The molecule has 0 bridgehead atoms. The number of Topliss-reactive ketones (excluding diaryl/α,β-unsaturated/α-hetero) is 1. The van der Waals surface area contributed by atoms with Crippen molar-refractivity contribution in [2.45, 2.75) is 18.2 Å². The smallest absolute Gasteiger partial charge is 0.394 e. The van der Waals surface area contributed by atoms with E-state index in [2.05, 4.69) is 4.18 Å². The quantitative estimate of drug-likeness (QED) is 0.222. The summed E-state index contributed by atoms with van der Waals surface area (Å²) in [7, 11) is -9.78. The molecule has 0 aromatic rings. The molecular formula is C6H13NO11S2. The van der Waals surface area contributed by atoms with Gasteiger partial charge in [-0.25, -0.2) is 4.18 Å². The van der Waals surface area contributed by atoms with Crippen LogP contribution in [0.4, 0.5) is 0 Å². The molecule has 0 saturated heterocycles. The van der Waals surface area contributed by atoms with Crippen molar-refractivity contribution in [2.75, 3.05) is 13.2 Å². The molecule has 0 unspecified atom stereocenters. The Balaban J connectivity index is 4.73. The first-order valence-corrected chi connectivity index (χ1v) is 7.55. The molecule has 0 rings (SSSR count). The highest BCUT2D eigenvalue weighted by Crippen LogP contribution is 2.03. The van der Waals surface area contributed by atoms with Gasteiger partial charge in [0.1, 0.15) is 18.2 Å². The van der Waals surface area contributed by atoms with Gasteiger partial charge in [0, 0.05) is 0 Å². The van der Waals surface area contributed by atoms with E-state index < -0.39 is 57.9 Å². The van der Waals surface area contributed by atoms with Crippen LogP contribution >= 0.6 is 0 Å². The molecule has 3 atom stereocenters. The van der Waals surface area contributed by atoms with Crippen LogP contribution in [-0.4, -0.2) is 78.5 Å². The highest BCUT2D eigenvalue weighted by Gasteiger charge is 2.33. The fourth-order valence-electron chi connectivity index (χ4n) is 1.01. The molecule has 20 heavy (non-hydrogen) atoms. The Morgan fingerprint density at radius 2 is 1.65 bits per heavy atom. The average Bonchev–Trinajstić information content (AvgIpc) is 2.29. The van der Waals surface area contributed by atoms with E-state index in [1.54, 1.807) is 0 Å². The van der Waals surface area contributed by atoms with Crippen LogP contribution in [0.15, 0.2) is 0 Å². The second-order valence-corrected chi connectivity index (χ2v) is 5.73. The second-order valence-electron chi connectivity index (χ2n) is 3.45.